The molecule has 1 aliphatic carbocycles. The standard InChI is InChI=1S/C22H32N2O3/c1-4-18-14(2)19-11-8-16(13-20(19)24-22(18)26)23-21(25)12-7-15-5-9-17(27-3)10-6-15/h5-6,9-10,14,16,18-20H,4,7-8,11-13H2,1-3H3,(H,23,25)(H,24,26). The van der Waals surface area contributed by atoms with Crippen molar-refractivity contribution in [2.75, 3.05) is 7.11 Å². The minimum absolute atomic E-state index is 0.0934. The van der Waals surface area contributed by atoms with Crippen LogP contribution in [0, 0.1) is 17.8 Å². The average molecular weight is 373 g/mol. The number of carbonyl (C=O) groups excluding carboxylic acids is 2. The molecule has 5 atom stereocenters. The number of hydrogen-bond acceptors (Lipinski definition) is 3. The third-order valence-electron chi connectivity index (χ3n) is 6.48. The van der Waals surface area contributed by atoms with Crippen LogP contribution in [0.4, 0.5) is 0 Å². The van der Waals surface area contributed by atoms with Crippen molar-refractivity contribution in [2.45, 2.75) is 64.5 Å². The third-order valence-corrected chi connectivity index (χ3v) is 6.48. The Morgan fingerprint density at radius 2 is 2.00 bits per heavy atom. The molecular weight excluding hydrogens is 340 g/mol. The summed E-state index contributed by atoms with van der Waals surface area (Å²) in [5, 5.41) is 6.40. The molecular formula is C22H32N2O3. The second kappa shape index (κ2) is 8.77. The van der Waals surface area contributed by atoms with Gasteiger partial charge in [-0.25, -0.2) is 0 Å². The summed E-state index contributed by atoms with van der Waals surface area (Å²) in [5.74, 6) is 2.23. The van der Waals surface area contributed by atoms with Crippen molar-refractivity contribution in [2.24, 2.45) is 17.8 Å². The summed E-state index contributed by atoms with van der Waals surface area (Å²) in [5.41, 5.74) is 1.13. The molecule has 2 N–H and O–H groups in total. The molecule has 0 aromatic heterocycles. The number of fused-ring (bicyclic) bond motifs is 1. The lowest BCUT2D eigenvalue weighted by Crippen LogP contribution is -2.58. The van der Waals surface area contributed by atoms with Crippen molar-refractivity contribution in [3.63, 3.8) is 0 Å². The molecule has 1 aromatic rings. The highest BCUT2D eigenvalue weighted by Gasteiger charge is 2.43. The molecule has 2 amide bonds. The fourth-order valence-corrected chi connectivity index (χ4v) is 4.85. The maximum Gasteiger partial charge on any atom is 0.223 e. The van der Waals surface area contributed by atoms with Gasteiger partial charge in [0.05, 0.1) is 7.11 Å². The van der Waals surface area contributed by atoms with E-state index in [1.807, 2.05) is 24.3 Å². The van der Waals surface area contributed by atoms with E-state index in [9.17, 15) is 9.59 Å². The van der Waals surface area contributed by atoms with Gasteiger partial charge in [0.25, 0.3) is 0 Å². The van der Waals surface area contributed by atoms with E-state index in [1.54, 1.807) is 7.11 Å². The molecule has 0 radical (unpaired) electrons. The van der Waals surface area contributed by atoms with E-state index in [1.165, 1.54) is 0 Å². The smallest absolute Gasteiger partial charge is 0.223 e. The van der Waals surface area contributed by atoms with E-state index in [2.05, 4.69) is 24.5 Å². The maximum absolute atomic E-state index is 12.4. The predicted molar refractivity (Wildman–Crippen MR) is 105 cm³/mol. The van der Waals surface area contributed by atoms with Crippen LogP contribution in [0.15, 0.2) is 24.3 Å². The molecule has 3 rings (SSSR count). The Bertz CT molecular complexity index is 658. The molecule has 5 heteroatoms. The first kappa shape index (κ1) is 19.7. The second-order valence-electron chi connectivity index (χ2n) is 8.08. The molecule has 27 heavy (non-hydrogen) atoms. The Hall–Kier alpha value is -2.04. The van der Waals surface area contributed by atoms with Crippen LogP contribution in [0.2, 0.25) is 0 Å². The topological polar surface area (TPSA) is 67.4 Å². The molecule has 0 bridgehead atoms. The monoisotopic (exact) mass is 372 g/mol. The summed E-state index contributed by atoms with van der Waals surface area (Å²) in [6.07, 6.45) is 5.05. The minimum atomic E-state index is 0.0934. The zero-order valence-electron chi connectivity index (χ0n) is 16.7. The van der Waals surface area contributed by atoms with Crippen LogP contribution in [0.25, 0.3) is 0 Å². The predicted octanol–water partition coefficient (Wildman–Crippen LogP) is 3.07. The van der Waals surface area contributed by atoms with Gasteiger partial charge in [-0.15, -0.1) is 0 Å². The van der Waals surface area contributed by atoms with Crippen molar-refractivity contribution < 1.29 is 14.3 Å². The Labute approximate surface area is 162 Å². The molecule has 1 saturated carbocycles. The SMILES string of the molecule is CCC1C(=O)NC2CC(NC(=O)CCc3ccc(OC)cc3)CCC2C1C. The Morgan fingerprint density at radius 3 is 2.67 bits per heavy atom. The quantitative estimate of drug-likeness (QED) is 0.806. The molecule has 148 valence electrons. The summed E-state index contributed by atoms with van der Waals surface area (Å²) < 4.78 is 5.16. The summed E-state index contributed by atoms with van der Waals surface area (Å²) in [6.45, 7) is 4.31. The minimum Gasteiger partial charge on any atom is -0.497 e. The molecule has 2 aliphatic rings. The summed E-state index contributed by atoms with van der Waals surface area (Å²) in [4.78, 5) is 24.7. The van der Waals surface area contributed by atoms with Gasteiger partial charge in [0, 0.05) is 24.4 Å². The van der Waals surface area contributed by atoms with E-state index in [4.69, 9.17) is 4.74 Å². The number of carbonyl (C=O) groups is 2. The highest BCUT2D eigenvalue weighted by atomic mass is 16.5. The van der Waals surface area contributed by atoms with Crippen LogP contribution in [0.1, 0.15) is 51.5 Å². The zero-order valence-corrected chi connectivity index (χ0v) is 16.7. The first-order valence-electron chi connectivity index (χ1n) is 10.2. The maximum atomic E-state index is 12.4. The summed E-state index contributed by atoms with van der Waals surface area (Å²) in [7, 11) is 1.65. The van der Waals surface area contributed by atoms with Crippen LogP contribution >= 0.6 is 0 Å². The number of benzene rings is 1. The second-order valence-corrected chi connectivity index (χ2v) is 8.08. The summed E-state index contributed by atoms with van der Waals surface area (Å²) >= 11 is 0. The first-order chi connectivity index (χ1) is 13.0. The largest absolute Gasteiger partial charge is 0.497 e. The molecule has 0 spiro atoms. The first-order valence-corrected chi connectivity index (χ1v) is 10.2. The van der Waals surface area contributed by atoms with Crippen molar-refractivity contribution in [1.82, 2.24) is 10.6 Å². The number of ether oxygens (including phenoxy) is 1. The van der Waals surface area contributed by atoms with E-state index >= 15 is 0 Å². The lowest BCUT2D eigenvalue weighted by molar-refractivity contribution is -0.133. The highest BCUT2D eigenvalue weighted by molar-refractivity contribution is 5.80. The van der Waals surface area contributed by atoms with Gasteiger partial charge in [-0.05, 0) is 61.6 Å². The van der Waals surface area contributed by atoms with Crippen LogP contribution < -0.4 is 15.4 Å². The number of methoxy groups -OCH3 is 1. The zero-order chi connectivity index (χ0) is 19.4. The molecule has 1 aliphatic heterocycles. The van der Waals surface area contributed by atoms with Gasteiger partial charge in [-0.2, -0.15) is 0 Å². The number of hydrogen-bond donors (Lipinski definition) is 2. The van der Waals surface area contributed by atoms with Crippen LogP contribution in [-0.4, -0.2) is 31.0 Å². The number of amides is 2. The average Bonchev–Trinajstić information content (AvgIpc) is 2.67. The van der Waals surface area contributed by atoms with E-state index in [0.29, 0.717) is 18.3 Å². The Morgan fingerprint density at radius 1 is 1.26 bits per heavy atom. The van der Waals surface area contributed by atoms with Gasteiger partial charge >= 0.3 is 0 Å². The lowest BCUT2D eigenvalue weighted by Gasteiger charge is -2.46. The van der Waals surface area contributed by atoms with Crippen LogP contribution in [0.3, 0.4) is 0 Å². The third kappa shape index (κ3) is 4.63. The number of rotatable bonds is 6. The highest BCUT2D eigenvalue weighted by Crippen LogP contribution is 2.38. The lowest BCUT2D eigenvalue weighted by atomic mass is 9.67. The molecule has 1 aromatic carbocycles. The molecule has 2 fully saturated rings. The van der Waals surface area contributed by atoms with Crippen molar-refractivity contribution in [3.8, 4) is 5.75 Å². The molecule has 1 saturated heterocycles. The normalized spacial score (nSPS) is 30.2. The summed E-state index contributed by atoms with van der Waals surface area (Å²) in [6, 6.07) is 8.22. The number of nitrogens with one attached hydrogen (secondary N) is 2. The van der Waals surface area contributed by atoms with Gasteiger partial charge < -0.3 is 15.4 Å². The molecule has 5 unspecified atom stereocenters. The van der Waals surface area contributed by atoms with Crippen molar-refractivity contribution in [3.05, 3.63) is 29.8 Å². The van der Waals surface area contributed by atoms with Gasteiger partial charge in [0.2, 0.25) is 11.8 Å². The Kier molecular flexibility index (Phi) is 6.40. The molecule has 5 nitrogen and oxygen atoms in total. The number of piperidine rings is 1. The van der Waals surface area contributed by atoms with E-state index < -0.39 is 0 Å². The van der Waals surface area contributed by atoms with Gasteiger partial charge in [0.1, 0.15) is 5.75 Å². The molecule has 1 heterocycles. The van der Waals surface area contributed by atoms with E-state index in [-0.39, 0.29) is 29.8 Å². The number of aryl methyl sites for hydroxylation is 1. The Balaban J connectivity index is 1.47. The van der Waals surface area contributed by atoms with Crippen LogP contribution in [0.5, 0.6) is 5.75 Å². The van der Waals surface area contributed by atoms with Crippen LogP contribution in [-0.2, 0) is 16.0 Å². The van der Waals surface area contributed by atoms with E-state index in [0.717, 1.165) is 43.4 Å². The van der Waals surface area contributed by atoms with Crippen molar-refractivity contribution in [1.29, 1.82) is 0 Å². The fourth-order valence-electron chi connectivity index (χ4n) is 4.85. The van der Waals surface area contributed by atoms with Gasteiger partial charge in [-0.3, -0.25) is 9.59 Å². The fraction of sp³-hybridized carbons (Fsp3) is 0.636. The van der Waals surface area contributed by atoms with Crippen molar-refractivity contribution >= 4 is 11.8 Å². The van der Waals surface area contributed by atoms with Gasteiger partial charge in [0.15, 0.2) is 0 Å². The van der Waals surface area contributed by atoms with Gasteiger partial charge in [-0.1, -0.05) is 26.0 Å².